The van der Waals surface area contributed by atoms with Crippen LogP contribution in [0.4, 0.5) is 4.39 Å². The molecular weight excluding hydrogens is 243 g/mol. The summed E-state index contributed by atoms with van der Waals surface area (Å²) in [5.74, 6) is -0.0796. The summed E-state index contributed by atoms with van der Waals surface area (Å²) in [7, 11) is -2.08. The fraction of sp³-hybridized carbons (Fsp3) is 0.182. The largest absolute Gasteiger partial charge is 0.271 e. The minimum absolute atomic E-state index is 0.151. The molecular formula is C11H11FN2O2S. The van der Waals surface area contributed by atoms with E-state index in [1.165, 1.54) is 31.3 Å². The zero-order chi connectivity index (χ0) is 12.6. The third kappa shape index (κ3) is 1.95. The van der Waals surface area contributed by atoms with E-state index in [2.05, 4.69) is 9.71 Å². The number of aliphatic imine (C=N–C) groups is 1. The highest BCUT2D eigenvalue weighted by molar-refractivity contribution is 8.00. The molecule has 0 fully saturated rings. The Morgan fingerprint density at radius 3 is 2.29 bits per heavy atom. The van der Waals surface area contributed by atoms with Crippen LogP contribution in [-0.4, -0.2) is 21.3 Å². The summed E-state index contributed by atoms with van der Waals surface area (Å²) in [5.41, 5.74) is 0.995. The molecule has 0 amide bonds. The van der Waals surface area contributed by atoms with E-state index < -0.39 is 15.8 Å². The maximum atomic E-state index is 12.8. The molecule has 0 saturated heterocycles. The van der Waals surface area contributed by atoms with Gasteiger partial charge in [0.05, 0.1) is 0 Å². The molecule has 0 radical (unpaired) electrons. The summed E-state index contributed by atoms with van der Waals surface area (Å²) in [6.45, 7) is 1.67. The molecule has 1 aliphatic rings. The summed E-state index contributed by atoms with van der Waals surface area (Å²) >= 11 is 0. The first-order valence-electron chi connectivity index (χ1n) is 4.92. The van der Waals surface area contributed by atoms with Gasteiger partial charge in [0, 0.05) is 12.6 Å². The fourth-order valence-electron chi connectivity index (χ4n) is 1.75. The van der Waals surface area contributed by atoms with E-state index in [4.69, 9.17) is 0 Å². The normalized spacial score (nSPS) is 20.8. The van der Waals surface area contributed by atoms with Gasteiger partial charge in [-0.3, -0.25) is 9.71 Å². The topological polar surface area (TPSA) is 58.5 Å². The maximum absolute atomic E-state index is 12.8. The first kappa shape index (κ1) is 11.8. The minimum Gasteiger partial charge on any atom is -0.271 e. The second kappa shape index (κ2) is 3.96. The van der Waals surface area contributed by atoms with Crippen LogP contribution in [-0.2, 0) is 10.0 Å². The fourth-order valence-corrected chi connectivity index (χ4v) is 3.30. The van der Waals surface area contributed by atoms with Crippen molar-refractivity contribution >= 4 is 20.8 Å². The van der Waals surface area contributed by atoms with Gasteiger partial charge in [-0.1, -0.05) is 12.1 Å². The van der Waals surface area contributed by atoms with Gasteiger partial charge in [0.2, 0.25) is 0 Å². The molecule has 0 aliphatic carbocycles. The number of hydrogen-bond acceptors (Lipinski definition) is 3. The second-order valence-corrected chi connectivity index (χ2v) is 5.26. The maximum Gasteiger partial charge on any atom is 0.264 e. The summed E-state index contributed by atoms with van der Waals surface area (Å²) < 4.78 is 38.9. The van der Waals surface area contributed by atoms with Crippen molar-refractivity contribution in [3.05, 3.63) is 41.2 Å². The summed E-state index contributed by atoms with van der Waals surface area (Å²) in [4.78, 5) is 4.00. The van der Waals surface area contributed by atoms with Gasteiger partial charge in [0.1, 0.15) is 16.6 Å². The first-order valence-corrected chi connectivity index (χ1v) is 6.41. The lowest BCUT2D eigenvalue weighted by Gasteiger charge is -2.02. The molecule has 1 aliphatic heterocycles. The van der Waals surface area contributed by atoms with Gasteiger partial charge >= 0.3 is 0 Å². The molecule has 0 unspecified atom stereocenters. The highest BCUT2D eigenvalue weighted by atomic mass is 32.2. The number of benzene rings is 1. The smallest absolute Gasteiger partial charge is 0.264 e. The van der Waals surface area contributed by atoms with Crippen molar-refractivity contribution in [2.45, 2.75) is 6.92 Å². The Bertz CT molecular complexity index is 615. The Kier molecular flexibility index (Phi) is 2.74. The molecule has 1 aromatic rings. The van der Waals surface area contributed by atoms with Crippen molar-refractivity contribution in [2.24, 2.45) is 4.99 Å². The van der Waals surface area contributed by atoms with Crippen LogP contribution in [0.25, 0.3) is 4.91 Å². The molecule has 0 saturated carbocycles. The molecule has 0 aromatic heterocycles. The van der Waals surface area contributed by atoms with Crippen molar-refractivity contribution in [3.8, 4) is 0 Å². The summed E-state index contributed by atoms with van der Waals surface area (Å²) in [5, 5.41) is 0. The summed E-state index contributed by atoms with van der Waals surface area (Å²) in [6.07, 6.45) is 0. The van der Waals surface area contributed by atoms with E-state index in [1.54, 1.807) is 6.92 Å². The predicted octanol–water partition coefficient (Wildman–Crippen LogP) is 1.52. The predicted molar refractivity (Wildman–Crippen MR) is 64.4 cm³/mol. The SMILES string of the molecule is CN=C1NS(=O)(=O)C(c2ccc(F)cc2)=C1C. The van der Waals surface area contributed by atoms with Gasteiger partial charge in [-0.05, 0) is 24.6 Å². The van der Waals surface area contributed by atoms with Crippen molar-refractivity contribution in [3.63, 3.8) is 0 Å². The Balaban J connectivity index is 2.64. The first-order chi connectivity index (χ1) is 7.95. The summed E-state index contributed by atoms with van der Waals surface area (Å²) in [6, 6.07) is 5.33. The number of nitrogens with one attached hydrogen (secondary N) is 1. The molecule has 90 valence electrons. The molecule has 1 aromatic carbocycles. The lowest BCUT2D eigenvalue weighted by molar-refractivity contribution is 0.603. The van der Waals surface area contributed by atoms with Crippen LogP contribution in [0, 0.1) is 5.82 Å². The molecule has 0 atom stereocenters. The molecule has 0 spiro atoms. The van der Waals surface area contributed by atoms with Gasteiger partial charge in [-0.25, -0.2) is 12.8 Å². The van der Waals surface area contributed by atoms with Crippen LogP contribution in [0.3, 0.4) is 0 Å². The van der Waals surface area contributed by atoms with Crippen molar-refractivity contribution < 1.29 is 12.8 Å². The van der Waals surface area contributed by atoms with Gasteiger partial charge in [-0.2, -0.15) is 0 Å². The highest BCUT2D eigenvalue weighted by Crippen LogP contribution is 2.29. The Morgan fingerprint density at radius 2 is 1.82 bits per heavy atom. The van der Waals surface area contributed by atoms with E-state index in [-0.39, 0.29) is 4.91 Å². The number of amidine groups is 1. The number of nitrogens with zero attached hydrogens (tertiary/aromatic N) is 1. The number of hydrogen-bond donors (Lipinski definition) is 1. The molecule has 6 heteroatoms. The Hall–Kier alpha value is -1.69. The lowest BCUT2D eigenvalue weighted by atomic mass is 10.1. The molecule has 4 nitrogen and oxygen atoms in total. The van der Waals surface area contributed by atoms with Crippen LogP contribution < -0.4 is 4.72 Å². The number of halogens is 1. The molecule has 2 rings (SSSR count). The molecule has 0 bridgehead atoms. The van der Waals surface area contributed by atoms with Crippen molar-refractivity contribution in [2.75, 3.05) is 7.05 Å². The van der Waals surface area contributed by atoms with Crippen LogP contribution in [0.15, 0.2) is 34.8 Å². The van der Waals surface area contributed by atoms with E-state index in [1.807, 2.05) is 0 Å². The van der Waals surface area contributed by atoms with Gasteiger partial charge < -0.3 is 0 Å². The Morgan fingerprint density at radius 1 is 1.24 bits per heavy atom. The van der Waals surface area contributed by atoms with E-state index in [0.29, 0.717) is 17.0 Å². The minimum atomic E-state index is -3.59. The van der Waals surface area contributed by atoms with Crippen molar-refractivity contribution in [1.82, 2.24) is 4.72 Å². The van der Waals surface area contributed by atoms with Crippen LogP contribution in [0.1, 0.15) is 12.5 Å². The zero-order valence-corrected chi connectivity index (χ0v) is 10.2. The average molecular weight is 254 g/mol. The van der Waals surface area contributed by atoms with Crippen LogP contribution >= 0.6 is 0 Å². The molecule has 1 N–H and O–H groups in total. The third-order valence-corrected chi connectivity index (χ3v) is 4.07. The van der Waals surface area contributed by atoms with E-state index >= 15 is 0 Å². The standard InChI is InChI=1S/C11H11FN2O2S/c1-7-10(8-3-5-9(12)6-4-8)17(15,16)14-11(7)13-2/h3-6H,1-2H3,(H,13,14). The van der Waals surface area contributed by atoms with Gasteiger partial charge in [0.15, 0.2) is 0 Å². The molecule has 1 heterocycles. The van der Waals surface area contributed by atoms with Crippen molar-refractivity contribution in [1.29, 1.82) is 0 Å². The van der Waals surface area contributed by atoms with Gasteiger partial charge in [0.25, 0.3) is 10.0 Å². The highest BCUT2D eigenvalue weighted by Gasteiger charge is 2.32. The number of rotatable bonds is 1. The molecule has 17 heavy (non-hydrogen) atoms. The van der Waals surface area contributed by atoms with E-state index in [9.17, 15) is 12.8 Å². The second-order valence-electron chi connectivity index (χ2n) is 3.64. The third-order valence-electron chi connectivity index (χ3n) is 2.53. The average Bonchev–Trinajstić information content (AvgIpc) is 2.51. The quantitative estimate of drug-likeness (QED) is 0.826. The van der Waals surface area contributed by atoms with Crippen LogP contribution in [0.2, 0.25) is 0 Å². The zero-order valence-electron chi connectivity index (χ0n) is 9.36. The Labute approximate surface area is 98.9 Å². The van der Waals surface area contributed by atoms with Crippen LogP contribution in [0.5, 0.6) is 0 Å². The van der Waals surface area contributed by atoms with E-state index in [0.717, 1.165) is 0 Å². The number of sulfonamides is 1. The monoisotopic (exact) mass is 254 g/mol. The van der Waals surface area contributed by atoms with Gasteiger partial charge in [-0.15, -0.1) is 0 Å². The lowest BCUT2D eigenvalue weighted by Crippen LogP contribution is -2.23.